The van der Waals surface area contributed by atoms with Crippen LogP contribution < -0.4 is 20.9 Å². The Kier molecular flexibility index (Phi) is 5.78. The first-order valence-corrected chi connectivity index (χ1v) is 12.5. The maximum absolute atomic E-state index is 13.2. The Morgan fingerprint density at radius 2 is 1.73 bits per heavy atom. The molecule has 2 fully saturated rings. The maximum atomic E-state index is 13.2. The van der Waals surface area contributed by atoms with E-state index in [-0.39, 0.29) is 0 Å². The van der Waals surface area contributed by atoms with Crippen LogP contribution >= 0.6 is 0 Å². The molecule has 1 atom stereocenters. The molecule has 0 spiro atoms. The van der Waals surface area contributed by atoms with Crippen molar-refractivity contribution >= 4 is 27.6 Å². The molecule has 0 saturated carbocycles. The highest BCUT2D eigenvalue weighted by Crippen LogP contribution is 2.43. The van der Waals surface area contributed by atoms with E-state index in [0.29, 0.717) is 4.90 Å². The van der Waals surface area contributed by atoms with E-state index >= 15 is 0 Å². The number of likely N-dealkylation sites (N-methyl/N-ethyl adjacent to an activating group) is 1. The Hall–Kier alpha value is -2.10. The number of benzene rings is 1. The van der Waals surface area contributed by atoms with Crippen LogP contribution in [-0.4, -0.2) is 72.2 Å². The number of hydrogen-bond donors (Lipinski definition) is 2. The number of piperazine rings is 1. The van der Waals surface area contributed by atoms with Crippen LogP contribution in [0.15, 0.2) is 34.3 Å². The number of sulfone groups is 1. The first kappa shape index (κ1) is 21.1. The molecule has 0 bridgehead atoms. The molecular formula is C21H32N6O2S. The summed E-state index contributed by atoms with van der Waals surface area (Å²) in [6, 6.07) is 3.89. The third-order valence-electron chi connectivity index (χ3n) is 6.22. The molecule has 1 unspecified atom stereocenters. The van der Waals surface area contributed by atoms with Crippen molar-refractivity contribution in [3.8, 4) is 0 Å². The number of anilines is 2. The summed E-state index contributed by atoms with van der Waals surface area (Å²) in [5.74, 6) is 0. The summed E-state index contributed by atoms with van der Waals surface area (Å²) in [4.78, 5) is 11.5. The van der Waals surface area contributed by atoms with Crippen molar-refractivity contribution in [2.45, 2.75) is 29.8 Å². The molecule has 0 amide bonds. The summed E-state index contributed by atoms with van der Waals surface area (Å²) in [5.41, 5.74) is 7.81. The van der Waals surface area contributed by atoms with Gasteiger partial charge in [0.1, 0.15) is 4.90 Å². The minimum Gasteiger partial charge on any atom is -0.370 e. The van der Waals surface area contributed by atoms with E-state index in [4.69, 9.17) is 5.73 Å². The summed E-state index contributed by atoms with van der Waals surface area (Å²) < 4.78 is 26.4. The third-order valence-corrected chi connectivity index (χ3v) is 7.36. The van der Waals surface area contributed by atoms with E-state index in [1.54, 1.807) is 18.6 Å². The van der Waals surface area contributed by atoms with Gasteiger partial charge in [0.25, 0.3) is 0 Å². The first-order valence-electron chi connectivity index (χ1n) is 10.6. The zero-order valence-corrected chi connectivity index (χ0v) is 18.7. The number of piperidine rings is 1. The smallest absolute Gasteiger partial charge is 0.179 e. The summed E-state index contributed by atoms with van der Waals surface area (Å²) in [5, 5.41) is 2.92. The fraction of sp³-hybridized carbons (Fsp3) is 0.571. The van der Waals surface area contributed by atoms with Gasteiger partial charge in [-0.1, -0.05) is 6.07 Å². The lowest BCUT2D eigenvalue weighted by Gasteiger charge is -2.39. The van der Waals surface area contributed by atoms with Crippen LogP contribution in [0.3, 0.4) is 0 Å². The average Bonchev–Trinajstić information content (AvgIpc) is 2.74. The molecule has 0 aliphatic carbocycles. The van der Waals surface area contributed by atoms with Crippen LogP contribution in [0.2, 0.25) is 0 Å². The molecule has 2 saturated heterocycles. The lowest BCUT2D eigenvalue weighted by Crippen LogP contribution is -2.45. The van der Waals surface area contributed by atoms with Gasteiger partial charge in [0, 0.05) is 57.3 Å². The number of nitrogens with one attached hydrogen (secondary N) is 1. The topological polar surface area (TPSA) is 94.3 Å². The monoisotopic (exact) mass is 432 g/mol. The molecular weight excluding hydrogens is 400 g/mol. The Bertz CT molecular complexity index is 932. The normalized spacial score (nSPS) is 25.4. The van der Waals surface area contributed by atoms with Gasteiger partial charge in [-0.2, -0.15) is 0 Å². The molecule has 164 valence electrons. The summed E-state index contributed by atoms with van der Waals surface area (Å²) in [6.45, 7) is 5.06. The number of nitrogens with zero attached hydrogens (tertiary/aromatic N) is 4. The predicted octanol–water partition coefficient (Wildman–Crippen LogP) is 1.09. The fourth-order valence-corrected chi connectivity index (χ4v) is 5.71. The van der Waals surface area contributed by atoms with Gasteiger partial charge in [0.05, 0.1) is 17.7 Å². The van der Waals surface area contributed by atoms with E-state index in [2.05, 4.69) is 32.1 Å². The molecule has 3 aliphatic rings. The lowest BCUT2D eigenvalue weighted by molar-refractivity contribution is 0.312. The van der Waals surface area contributed by atoms with Crippen molar-refractivity contribution in [2.24, 2.45) is 10.7 Å². The van der Waals surface area contributed by atoms with Gasteiger partial charge in [0.15, 0.2) is 15.5 Å². The van der Waals surface area contributed by atoms with Gasteiger partial charge in [0.2, 0.25) is 0 Å². The highest BCUT2D eigenvalue weighted by Gasteiger charge is 2.36. The fourth-order valence-electron chi connectivity index (χ4n) is 4.54. The van der Waals surface area contributed by atoms with Crippen molar-refractivity contribution in [1.82, 2.24) is 10.2 Å². The Labute approximate surface area is 179 Å². The minimum atomic E-state index is -3.51. The Morgan fingerprint density at radius 3 is 2.33 bits per heavy atom. The molecule has 3 aliphatic heterocycles. The number of nitrogens with two attached hydrogens (primary N) is 1. The van der Waals surface area contributed by atoms with Gasteiger partial charge in [-0.15, -0.1) is 0 Å². The Morgan fingerprint density at radius 1 is 1.03 bits per heavy atom. The third kappa shape index (κ3) is 4.06. The SMILES string of the molecule is CN1CCN(c2ccc(C3(N)C=CNC=N3)c(N3CCCCC3)c2S(C)(=O)=O)CC1. The zero-order valence-electron chi connectivity index (χ0n) is 17.8. The number of aliphatic imine (C=N–C) groups is 1. The molecule has 0 radical (unpaired) electrons. The molecule has 30 heavy (non-hydrogen) atoms. The van der Waals surface area contributed by atoms with E-state index in [1.807, 2.05) is 12.1 Å². The highest BCUT2D eigenvalue weighted by molar-refractivity contribution is 7.91. The molecule has 3 N–H and O–H groups in total. The molecule has 9 heteroatoms. The second-order valence-corrected chi connectivity index (χ2v) is 10.5. The molecule has 1 aromatic carbocycles. The largest absolute Gasteiger partial charge is 0.370 e. The highest BCUT2D eigenvalue weighted by atomic mass is 32.2. The van der Waals surface area contributed by atoms with Gasteiger partial charge in [-0.3, -0.25) is 5.73 Å². The van der Waals surface area contributed by atoms with Crippen molar-refractivity contribution in [3.05, 3.63) is 30.0 Å². The van der Waals surface area contributed by atoms with Crippen LogP contribution in [0, 0.1) is 0 Å². The van der Waals surface area contributed by atoms with Crippen molar-refractivity contribution in [1.29, 1.82) is 0 Å². The van der Waals surface area contributed by atoms with Crippen LogP contribution in [-0.2, 0) is 15.5 Å². The second-order valence-electron chi connectivity index (χ2n) is 8.50. The standard InChI is InChI=1S/C21H32N6O2S/c1-25-12-14-26(15-13-25)18-7-6-17(21(22)8-9-23-16-24-21)19(20(18)30(2,28)29)27-10-4-3-5-11-27/h6-9,16H,3-5,10-15,22H2,1-2H3,(H,23,24). The first-order chi connectivity index (χ1) is 14.3. The van der Waals surface area contributed by atoms with Crippen molar-refractivity contribution in [2.75, 3.05) is 62.4 Å². The van der Waals surface area contributed by atoms with Gasteiger partial charge in [-0.25, -0.2) is 13.4 Å². The van der Waals surface area contributed by atoms with E-state index in [9.17, 15) is 8.42 Å². The van der Waals surface area contributed by atoms with Crippen LogP contribution in [0.5, 0.6) is 0 Å². The Balaban J connectivity index is 1.93. The van der Waals surface area contributed by atoms with Crippen molar-refractivity contribution in [3.63, 3.8) is 0 Å². The predicted molar refractivity (Wildman–Crippen MR) is 122 cm³/mol. The minimum absolute atomic E-state index is 0.387. The number of hydrogen-bond acceptors (Lipinski definition) is 8. The second kappa shape index (κ2) is 8.20. The summed E-state index contributed by atoms with van der Waals surface area (Å²) in [6.07, 6.45) is 9.66. The summed E-state index contributed by atoms with van der Waals surface area (Å²) >= 11 is 0. The van der Waals surface area contributed by atoms with Gasteiger partial charge in [-0.05, 0) is 38.5 Å². The average molecular weight is 433 g/mol. The molecule has 1 aromatic rings. The molecule has 3 heterocycles. The van der Waals surface area contributed by atoms with E-state index in [0.717, 1.165) is 75.5 Å². The lowest BCUT2D eigenvalue weighted by atomic mass is 9.95. The zero-order chi connectivity index (χ0) is 21.4. The van der Waals surface area contributed by atoms with Crippen LogP contribution in [0.25, 0.3) is 0 Å². The van der Waals surface area contributed by atoms with E-state index in [1.165, 1.54) is 6.26 Å². The van der Waals surface area contributed by atoms with Crippen molar-refractivity contribution < 1.29 is 8.42 Å². The molecule has 8 nitrogen and oxygen atoms in total. The van der Waals surface area contributed by atoms with Gasteiger partial charge < -0.3 is 20.0 Å². The quantitative estimate of drug-likeness (QED) is 0.735. The van der Waals surface area contributed by atoms with Crippen LogP contribution in [0.1, 0.15) is 24.8 Å². The van der Waals surface area contributed by atoms with Gasteiger partial charge >= 0.3 is 0 Å². The van der Waals surface area contributed by atoms with E-state index < -0.39 is 15.5 Å². The molecule has 4 rings (SSSR count). The maximum Gasteiger partial charge on any atom is 0.179 e. The number of rotatable bonds is 4. The summed E-state index contributed by atoms with van der Waals surface area (Å²) in [7, 11) is -1.41. The van der Waals surface area contributed by atoms with Crippen LogP contribution in [0.4, 0.5) is 11.4 Å². The molecule has 0 aromatic heterocycles.